The van der Waals surface area contributed by atoms with Crippen molar-refractivity contribution < 1.29 is 4.74 Å². The van der Waals surface area contributed by atoms with Gasteiger partial charge in [-0.1, -0.05) is 18.2 Å². The van der Waals surface area contributed by atoms with Crippen molar-refractivity contribution in [3.8, 4) is 17.1 Å². The van der Waals surface area contributed by atoms with E-state index in [4.69, 9.17) is 4.74 Å². The molecule has 0 saturated carbocycles. The molecule has 8 heteroatoms. The SMILES string of the molecule is O=c1ccc(-c2nc3c(c(NCCc4c[nH]c5ccccc45)n2)OCCN3)c[nH]1. The van der Waals surface area contributed by atoms with E-state index in [1.165, 1.54) is 17.0 Å². The molecule has 4 aromatic rings. The zero-order valence-electron chi connectivity index (χ0n) is 15.7. The van der Waals surface area contributed by atoms with Crippen molar-refractivity contribution in [2.75, 3.05) is 30.3 Å². The monoisotopic (exact) mass is 388 g/mol. The summed E-state index contributed by atoms with van der Waals surface area (Å²) in [5.74, 6) is 2.45. The Bertz CT molecular complexity index is 1210. The molecule has 0 bridgehead atoms. The summed E-state index contributed by atoms with van der Waals surface area (Å²) in [6.07, 6.45) is 4.50. The first-order valence-corrected chi connectivity index (χ1v) is 9.54. The number of ether oxygens (including phenoxy) is 1. The number of nitrogens with one attached hydrogen (secondary N) is 4. The number of pyridine rings is 1. The predicted octanol–water partition coefficient (Wildman–Crippen LogP) is 2.77. The van der Waals surface area contributed by atoms with Gasteiger partial charge in [0.15, 0.2) is 17.5 Å². The van der Waals surface area contributed by atoms with Gasteiger partial charge in [0.2, 0.25) is 11.3 Å². The summed E-state index contributed by atoms with van der Waals surface area (Å²) in [7, 11) is 0. The molecule has 0 radical (unpaired) electrons. The van der Waals surface area contributed by atoms with Crippen LogP contribution in [0.5, 0.6) is 5.75 Å². The smallest absolute Gasteiger partial charge is 0.247 e. The molecule has 1 aliphatic rings. The maximum absolute atomic E-state index is 11.4. The van der Waals surface area contributed by atoms with Gasteiger partial charge in [0.05, 0.1) is 6.54 Å². The van der Waals surface area contributed by atoms with E-state index < -0.39 is 0 Å². The van der Waals surface area contributed by atoms with Crippen LogP contribution in [0.25, 0.3) is 22.3 Å². The number of hydrogen-bond donors (Lipinski definition) is 4. The van der Waals surface area contributed by atoms with Crippen LogP contribution in [0.3, 0.4) is 0 Å². The molecule has 0 unspecified atom stereocenters. The van der Waals surface area contributed by atoms with Crippen LogP contribution in [0, 0.1) is 0 Å². The summed E-state index contributed by atoms with van der Waals surface area (Å²) >= 11 is 0. The van der Waals surface area contributed by atoms with Crippen LogP contribution in [-0.4, -0.2) is 39.6 Å². The van der Waals surface area contributed by atoms with Crippen LogP contribution < -0.4 is 20.9 Å². The van der Waals surface area contributed by atoms with Crippen molar-refractivity contribution in [1.82, 2.24) is 19.9 Å². The minimum Gasteiger partial charge on any atom is -0.485 e. The van der Waals surface area contributed by atoms with Gasteiger partial charge in [-0.05, 0) is 24.1 Å². The first kappa shape index (κ1) is 17.3. The third kappa shape index (κ3) is 3.40. The Morgan fingerprint density at radius 1 is 1.07 bits per heavy atom. The highest BCUT2D eigenvalue weighted by atomic mass is 16.5. The Morgan fingerprint density at radius 3 is 2.90 bits per heavy atom. The lowest BCUT2D eigenvalue weighted by atomic mass is 10.1. The highest BCUT2D eigenvalue weighted by molar-refractivity contribution is 5.83. The molecule has 1 aromatic carbocycles. The number of para-hydroxylation sites is 1. The fourth-order valence-corrected chi connectivity index (χ4v) is 3.48. The number of nitrogens with zero attached hydrogens (tertiary/aromatic N) is 2. The van der Waals surface area contributed by atoms with Crippen molar-refractivity contribution in [2.45, 2.75) is 6.42 Å². The second kappa shape index (κ2) is 7.31. The molecule has 0 fully saturated rings. The average Bonchev–Trinajstić information content (AvgIpc) is 3.17. The van der Waals surface area contributed by atoms with E-state index in [0.29, 0.717) is 42.9 Å². The van der Waals surface area contributed by atoms with Crippen molar-refractivity contribution in [2.24, 2.45) is 0 Å². The van der Waals surface area contributed by atoms with E-state index in [1.807, 2.05) is 18.3 Å². The predicted molar refractivity (Wildman–Crippen MR) is 113 cm³/mol. The fourth-order valence-electron chi connectivity index (χ4n) is 3.48. The third-order valence-corrected chi connectivity index (χ3v) is 4.91. The first-order valence-electron chi connectivity index (χ1n) is 9.54. The molecule has 0 spiro atoms. The number of rotatable bonds is 5. The van der Waals surface area contributed by atoms with Crippen LogP contribution in [-0.2, 0) is 6.42 Å². The zero-order chi connectivity index (χ0) is 19.6. The van der Waals surface area contributed by atoms with Gasteiger partial charge in [-0.25, -0.2) is 9.97 Å². The quantitative estimate of drug-likeness (QED) is 0.419. The molecular weight excluding hydrogens is 368 g/mol. The molecule has 3 aromatic heterocycles. The molecule has 4 heterocycles. The van der Waals surface area contributed by atoms with E-state index in [-0.39, 0.29) is 5.56 Å². The minimum atomic E-state index is -0.162. The maximum Gasteiger partial charge on any atom is 0.247 e. The van der Waals surface area contributed by atoms with Crippen LogP contribution in [0.2, 0.25) is 0 Å². The lowest BCUT2D eigenvalue weighted by Crippen LogP contribution is -2.22. The molecule has 146 valence electrons. The molecule has 0 saturated heterocycles. The van der Waals surface area contributed by atoms with Gasteiger partial charge in [0.1, 0.15) is 6.61 Å². The van der Waals surface area contributed by atoms with Crippen molar-refractivity contribution in [3.63, 3.8) is 0 Å². The Balaban J connectivity index is 1.41. The Labute approximate surface area is 166 Å². The molecular formula is C21H20N6O2. The maximum atomic E-state index is 11.4. The normalized spacial score (nSPS) is 12.8. The second-order valence-corrected chi connectivity index (χ2v) is 6.83. The average molecular weight is 388 g/mol. The Kier molecular flexibility index (Phi) is 4.36. The summed E-state index contributed by atoms with van der Waals surface area (Å²) in [4.78, 5) is 26.5. The summed E-state index contributed by atoms with van der Waals surface area (Å²) < 4.78 is 5.81. The highest BCUT2D eigenvalue weighted by Crippen LogP contribution is 2.34. The van der Waals surface area contributed by atoms with Crippen LogP contribution in [0.1, 0.15) is 5.56 Å². The summed E-state index contributed by atoms with van der Waals surface area (Å²) in [5, 5.41) is 7.88. The Morgan fingerprint density at radius 2 is 2.00 bits per heavy atom. The number of fused-ring (bicyclic) bond motifs is 2. The van der Waals surface area contributed by atoms with Gasteiger partial charge in [-0.15, -0.1) is 0 Å². The molecule has 0 amide bonds. The number of benzene rings is 1. The van der Waals surface area contributed by atoms with Gasteiger partial charge in [0, 0.05) is 41.5 Å². The van der Waals surface area contributed by atoms with Gasteiger partial charge >= 0.3 is 0 Å². The van der Waals surface area contributed by atoms with Gasteiger partial charge in [-0.2, -0.15) is 0 Å². The molecule has 4 N–H and O–H groups in total. The number of anilines is 2. The minimum absolute atomic E-state index is 0.162. The van der Waals surface area contributed by atoms with E-state index in [0.717, 1.165) is 17.5 Å². The molecule has 0 aliphatic carbocycles. The van der Waals surface area contributed by atoms with Crippen LogP contribution >= 0.6 is 0 Å². The number of aromatic nitrogens is 4. The first-order chi connectivity index (χ1) is 14.3. The molecule has 0 atom stereocenters. The van der Waals surface area contributed by atoms with Crippen molar-refractivity contribution >= 4 is 22.5 Å². The summed E-state index contributed by atoms with van der Waals surface area (Å²) in [6, 6.07) is 11.4. The van der Waals surface area contributed by atoms with E-state index in [1.54, 1.807) is 12.3 Å². The number of hydrogen-bond acceptors (Lipinski definition) is 6. The molecule has 29 heavy (non-hydrogen) atoms. The summed E-state index contributed by atoms with van der Waals surface area (Å²) in [6.45, 7) is 1.94. The lowest BCUT2D eigenvalue weighted by molar-refractivity contribution is 0.321. The Hall–Kier alpha value is -3.81. The van der Waals surface area contributed by atoms with Crippen molar-refractivity contribution in [3.05, 3.63) is 64.7 Å². The van der Waals surface area contributed by atoms with Crippen LogP contribution in [0.15, 0.2) is 53.6 Å². The topological polar surface area (TPSA) is 108 Å². The van der Waals surface area contributed by atoms with Gasteiger partial charge in [-0.3, -0.25) is 4.79 Å². The van der Waals surface area contributed by atoms with E-state index in [9.17, 15) is 4.79 Å². The second-order valence-electron chi connectivity index (χ2n) is 6.83. The molecule has 8 nitrogen and oxygen atoms in total. The number of H-pyrrole nitrogens is 2. The highest BCUT2D eigenvalue weighted by Gasteiger charge is 2.20. The fraction of sp³-hybridized carbons (Fsp3) is 0.190. The van der Waals surface area contributed by atoms with E-state index >= 15 is 0 Å². The van der Waals surface area contributed by atoms with Gasteiger partial charge < -0.3 is 25.3 Å². The summed E-state index contributed by atoms with van der Waals surface area (Å²) in [5.41, 5.74) is 2.95. The third-order valence-electron chi connectivity index (χ3n) is 4.91. The van der Waals surface area contributed by atoms with E-state index in [2.05, 4.69) is 42.7 Å². The molecule has 1 aliphatic heterocycles. The molecule has 5 rings (SSSR count). The lowest BCUT2D eigenvalue weighted by Gasteiger charge is -2.21. The number of aromatic amines is 2. The van der Waals surface area contributed by atoms with Gasteiger partial charge in [0.25, 0.3) is 0 Å². The van der Waals surface area contributed by atoms with Crippen molar-refractivity contribution in [1.29, 1.82) is 0 Å². The zero-order valence-corrected chi connectivity index (χ0v) is 15.7. The largest absolute Gasteiger partial charge is 0.485 e. The standard InChI is InChI=1S/C21H20N6O2/c28-17-6-5-14(12-25-17)19-26-20(18-21(27-19)23-9-10-29-18)22-8-7-13-11-24-16-4-2-1-3-15(13)16/h1-6,11-12,24H,7-10H2,(H,25,28)(H2,22,23,26,27). The van der Waals surface area contributed by atoms with Crippen LogP contribution in [0.4, 0.5) is 11.6 Å².